The van der Waals surface area contributed by atoms with Gasteiger partial charge in [0.05, 0.1) is 37.2 Å². The molecule has 0 saturated heterocycles. The molecule has 0 spiro atoms. The molecular formula is C21H16Cl2N2O7S2. The van der Waals surface area contributed by atoms with Crippen molar-refractivity contribution in [2.45, 2.75) is 9.79 Å². The molecule has 0 aliphatic heterocycles. The van der Waals surface area contributed by atoms with Crippen LogP contribution >= 0.6 is 23.2 Å². The first kappa shape index (κ1) is 25.5. The van der Waals surface area contributed by atoms with Gasteiger partial charge in [-0.15, -0.1) is 0 Å². The first-order valence-corrected chi connectivity index (χ1v) is 13.4. The lowest BCUT2D eigenvalue weighted by atomic mass is 10.1. The molecule has 13 heteroatoms. The van der Waals surface area contributed by atoms with E-state index in [1.165, 1.54) is 48.5 Å². The summed E-state index contributed by atoms with van der Waals surface area (Å²) >= 11 is 11.8. The summed E-state index contributed by atoms with van der Waals surface area (Å²) < 4.78 is 50.9. The Kier molecular flexibility index (Phi) is 7.22. The summed E-state index contributed by atoms with van der Waals surface area (Å²) in [7, 11) is -7.54. The van der Waals surface area contributed by atoms with Crippen LogP contribution in [0.2, 0.25) is 10.0 Å². The maximum absolute atomic E-state index is 13.0. The third-order valence-corrected chi connectivity index (χ3v) is 7.50. The van der Waals surface area contributed by atoms with Crippen LogP contribution < -0.4 is 10.0 Å². The molecule has 0 bridgehead atoms. The summed E-state index contributed by atoms with van der Waals surface area (Å²) in [6.07, 6.45) is 0.967. The van der Waals surface area contributed by atoms with Crippen molar-refractivity contribution < 1.29 is 31.5 Å². The van der Waals surface area contributed by atoms with Crippen LogP contribution in [0.1, 0.15) is 20.7 Å². The summed E-state index contributed by atoms with van der Waals surface area (Å²) in [5, 5.41) is 11.7. The molecule has 0 aliphatic rings. The number of carboxylic acid groups (broad SMARTS) is 1. The predicted octanol–water partition coefficient (Wildman–Crippen LogP) is 4.15. The molecule has 3 rings (SSSR count). The minimum absolute atomic E-state index is 0.0260. The van der Waals surface area contributed by atoms with Crippen molar-refractivity contribution in [1.29, 1.82) is 0 Å². The number of aromatic carboxylic acids is 1. The second kappa shape index (κ2) is 9.63. The Balaban J connectivity index is 1.90. The molecule has 0 atom stereocenters. The molecule has 0 heterocycles. The zero-order chi connectivity index (χ0) is 25.3. The average molecular weight is 543 g/mol. The lowest BCUT2D eigenvalue weighted by Crippen LogP contribution is -2.17. The number of anilines is 2. The van der Waals surface area contributed by atoms with Gasteiger partial charge in [-0.05, 0) is 54.6 Å². The number of carbonyl (C=O) groups is 2. The van der Waals surface area contributed by atoms with E-state index in [1.54, 1.807) is 0 Å². The van der Waals surface area contributed by atoms with E-state index in [9.17, 15) is 31.5 Å². The molecule has 0 radical (unpaired) electrons. The molecule has 34 heavy (non-hydrogen) atoms. The molecule has 1 amide bonds. The number of hydrogen-bond acceptors (Lipinski definition) is 6. The van der Waals surface area contributed by atoms with Crippen LogP contribution in [0, 0.1) is 0 Å². The third-order valence-electron chi connectivity index (χ3n) is 4.41. The second-order valence-corrected chi connectivity index (χ2v) is 11.5. The number of sulfonamides is 1. The summed E-state index contributed by atoms with van der Waals surface area (Å²) in [5.41, 5.74) is -0.357. The number of carboxylic acids is 1. The van der Waals surface area contributed by atoms with E-state index in [2.05, 4.69) is 10.0 Å². The van der Waals surface area contributed by atoms with Crippen molar-refractivity contribution in [3.63, 3.8) is 0 Å². The Morgan fingerprint density at radius 3 is 1.94 bits per heavy atom. The molecule has 3 N–H and O–H groups in total. The van der Waals surface area contributed by atoms with Crippen LogP contribution in [0.4, 0.5) is 11.4 Å². The van der Waals surface area contributed by atoms with Gasteiger partial charge in [0.25, 0.3) is 5.91 Å². The van der Waals surface area contributed by atoms with Crippen molar-refractivity contribution in [3.05, 3.63) is 81.8 Å². The molecule has 3 aromatic carbocycles. The van der Waals surface area contributed by atoms with Gasteiger partial charge in [-0.2, -0.15) is 0 Å². The Morgan fingerprint density at radius 2 is 1.38 bits per heavy atom. The number of nitrogens with one attached hydrogen (secondary N) is 2. The number of benzene rings is 3. The topological polar surface area (TPSA) is 147 Å². The van der Waals surface area contributed by atoms with Crippen LogP contribution in [0.25, 0.3) is 0 Å². The van der Waals surface area contributed by atoms with Gasteiger partial charge in [0.1, 0.15) is 0 Å². The van der Waals surface area contributed by atoms with E-state index in [4.69, 9.17) is 23.2 Å². The standard InChI is InChI=1S/C21H16Cl2N2O7S2/c1-33(29,30)25-12-5-7-14(8-6-12)34(31,32)15-4-2-3-13(9-15)24-20(26)16-10-18(22)19(23)11-17(16)21(27)28/h2-11,25H,1H3,(H,24,26)(H,27,28). The number of carbonyl (C=O) groups excluding carboxylic acids is 1. The number of halogens is 2. The number of hydrogen-bond donors (Lipinski definition) is 3. The van der Waals surface area contributed by atoms with Gasteiger partial charge in [0.15, 0.2) is 0 Å². The second-order valence-electron chi connectivity index (χ2n) is 7.00. The highest BCUT2D eigenvalue weighted by molar-refractivity contribution is 7.92. The summed E-state index contributed by atoms with van der Waals surface area (Å²) in [6.45, 7) is 0. The zero-order valence-corrected chi connectivity index (χ0v) is 20.4. The molecule has 0 fully saturated rings. The summed E-state index contributed by atoms with van der Waals surface area (Å²) in [5.74, 6) is -2.23. The fourth-order valence-electron chi connectivity index (χ4n) is 2.90. The van der Waals surface area contributed by atoms with Gasteiger partial charge in [-0.1, -0.05) is 29.3 Å². The largest absolute Gasteiger partial charge is 0.478 e. The highest BCUT2D eigenvalue weighted by atomic mass is 35.5. The Labute approximate surface area is 205 Å². The number of rotatable bonds is 7. The Hall–Kier alpha value is -3.12. The van der Waals surface area contributed by atoms with Gasteiger partial charge in [0.2, 0.25) is 19.9 Å². The summed E-state index contributed by atoms with van der Waals surface area (Å²) in [4.78, 5) is 23.9. The molecule has 0 aromatic heterocycles. The van der Waals surface area contributed by atoms with Crippen LogP contribution in [0.15, 0.2) is 70.5 Å². The zero-order valence-electron chi connectivity index (χ0n) is 17.2. The third kappa shape index (κ3) is 5.86. The molecule has 0 saturated carbocycles. The molecular weight excluding hydrogens is 527 g/mol. The van der Waals surface area contributed by atoms with Gasteiger partial charge >= 0.3 is 5.97 Å². The first-order valence-electron chi connectivity index (χ1n) is 9.24. The van der Waals surface area contributed by atoms with E-state index in [1.807, 2.05) is 0 Å². The molecule has 9 nitrogen and oxygen atoms in total. The van der Waals surface area contributed by atoms with Crippen molar-refractivity contribution >= 4 is 66.3 Å². The van der Waals surface area contributed by atoms with E-state index in [-0.39, 0.29) is 42.3 Å². The number of amides is 1. The average Bonchev–Trinajstić information content (AvgIpc) is 2.74. The minimum atomic E-state index is -4.02. The van der Waals surface area contributed by atoms with Crippen LogP contribution in [-0.2, 0) is 19.9 Å². The fraction of sp³-hybridized carbons (Fsp3) is 0.0476. The van der Waals surface area contributed by atoms with Gasteiger partial charge in [-0.3, -0.25) is 9.52 Å². The first-order chi connectivity index (χ1) is 15.8. The fourth-order valence-corrected chi connectivity index (χ4v) is 5.10. The lowest BCUT2D eigenvalue weighted by Gasteiger charge is -2.11. The molecule has 0 unspecified atom stereocenters. The van der Waals surface area contributed by atoms with Crippen LogP contribution in [-0.4, -0.2) is 40.1 Å². The van der Waals surface area contributed by atoms with Gasteiger partial charge < -0.3 is 10.4 Å². The predicted molar refractivity (Wildman–Crippen MR) is 128 cm³/mol. The SMILES string of the molecule is CS(=O)(=O)Nc1ccc(S(=O)(=O)c2cccc(NC(=O)c3cc(Cl)c(Cl)cc3C(=O)O)c2)cc1. The quantitative estimate of drug-likeness (QED) is 0.406. The van der Waals surface area contributed by atoms with E-state index in [0.717, 1.165) is 18.4 Å². The highest BCUT2D eigenvalue weighted by Gasteiger charge is 2.21. The smallest absolute Gasteiger partial charge is 0.336 e. The normalized spacial score (nSPS) is 11.6. The number of sulfone groups is 1. The van der Waals surface area contributed by atoms with Gasteiger partial charge in [0, 0.05) is 11.4 Å². The maximum atomic E-state index is 13.0. The van der Waals surface area contributed by atoms with E-state index < -0.39 is 31.7 Å². The van der Waals surface area contributed by atoms with Crippen molar-refractivity contribution in [2.75, 3.05) is 16.3 Å². The summed E-state index contributed by atoms with van der Waals surface area (Å²) in [6, 6.07) is 12.6. The van der Waals surface area contributed by atoms with Crippen molar-refractivity contribution in [3.8, 4) is 0 Å². The Morgan fingerprint density at radius 1 is 0.794 bits per heavy atom. The maximum Gasteiger partial charge on any atom is 0.336 e. The molecule has 178 valence electrons. The lowest BCUT2D eigenvalue weighted by molar-refractivity contribution is 0.0692. The monoisotopic (exact) mass is 542 g/mol. The van der Waals surface area contributed by atoms with Crippen LogP contribution in [0.5, 0.6) is 0 Å². The van der Waals surface area contributed by atoms with Crippen molar-refractivity contribution in [1.82, 2.24) is 0 Å². The Bertz CT molecular complexity index is 1500. The molecule has 0 aliphatic carbocycles. The van der Waals surface area contributed by atoms with Crippen molar-refractivity contribution in [2.24, 2.45) is 0 Å². The minimum Gasteiger partial charge on any atom is -0.478 e. The highest BCUT2D eigenvalue weighted by Crippen LogP contribution is 2.28. The van der Waals surface area contributed by atoms with E-state index >= 15 is 0 Å². The molecule has 3 aromatic rings. The van der Waals surface area contributed by atoms with Crippen LogP contribution in [0.3, 0.4) is 0 Å². The van der Waals surface area contributed by atoms with E-state index in [0.29, 0.717) is 0 Å². The van der Waals surface area contributed by atoms with Gasteiger partial charge in [-0.25, -0.2) is 21.6 Å².